The third-order valence-corrected chi connectivity index (χ3v) is 4.00. The van der Waals surface area contributed by atoms with Crippen molar-refractivity contribution in [3.8, 4) is 5.75 Å². The van der Waals surface area contributed by atoms with Crippen molar-refractivity contribution in [2.75, 3.05) is 26.3 Å². The minimum Gasteiger partial charge on any atom is -0.477 e. The first kappa shape index (κ1) is 16.9. The first-order chi connectivity index (χ1) is 12.1. The van der Waals surface area contributed by atoms with Gasteiger partial charge < -0.3 is 14.4 Å². The Morgan fingerprint density at radius 3 is 2.68 bits per heavy atom. The maximum atomic E-state index is 12.4. The first-order valence-corrected chi connectivity index (χ1v) is 7.95. The number of nitro groups is 1. The second-order valence-corrected chi connectivity index (χ2v) is 5.62. The molecule has 0 bridgehead atoms. The molecule has 130 valence electrons. The quantitative estimate of drug-likeness (QED) is 0.616. The summed E-state index contributed by atoms with van der Waals surface area (Å²) in [6.07, 6.45) is -0.176. The van der Waals surface area contributed by atoms with Crippen molar-refractivity contribution in [1.82, 2.24) is 4.90 Å². The van der Waals surface area contributed by atoms with Crippen LogP contribution in [-0.4, -0.2) is 42.0 Å². The summed E-state index contributed by atoms with van der Waals surface area (Å²) < 4.78 is 11.1. The van der Waals surface area contributed by atoms with E-state index in [1.165, 1.54) is 12.1 Å². The summed E-state index contributed by atoms with van der Waals surface area (Å²) in [6, 6.07) is 15.7. The molecule has 1 aliphatic heterocycles. The molecule has 7 nitrogen and oxygen atoms in total. The molecule has 0 saturated carbocycles. The van der Waals surface area contributed by atoms with E-state index in [-0.39, 0.29) is 30.1 Å². The highest BCUT2D eigenvalue weighted by molar-refractivity contribution is 5.78. The largest absolute Gasteiger partial charge is 0.477 e. The van der Waals surface area contributed by atoms with Gasteiger partial charge in [-0.15, -0.1) is 0 Å². The zero-order valence-electron chi connectivity index (χ0n) is 13.5. The summed E-state index contributed by atoms with van der Waals surface area (Å²) in [4.78, 5) is 24.5. The monoisotopic (exact) mass is 342 g/mol. The molecule has 0 N–H and O–H groups in total. The van der Waals surface area contributed by atoms with Crippen molar-refractivity contribution in [1.29, 1.82) is 0 Å². The lowest BCUT2D eigenvalue weighted by Gasteiger charge is -2.33. The summed E-state index contributed by atoms with van der Waals surface area (Å²) in [5, 5.41) is 11.0. The van der Waals surface area contributed by atoms with E-state index in [1.54, 1.807) is 17.0 Å². The molecule has 1 saturated heterocycles. The van der Waals surface area contributed by atoms with E-state index >= 15 is 0 Å². The van der Waals surface area contributed by atoms with Crippen LogP contribution in [0.3, 0.4) is 0 Å². The van der Waals surface area contributed by atoms with Crippen LogP contribution in [0.25, 0.3) is 0 Å². The molecule has 0 aliphatic carbocycles. The van der Waals surface area contributed by atoms with E-state index in [0.29, 0.717) is 19.7 Å². The Labute approximate surface area is 144 Å². The number of morpholine rings is 1. The molecule has 3 rings (SSSR count). The summed E-state index contributed by atoms with van der Waals surface area (Å²) in [5.74, 6) is -0.129. The fourth-order valence-electron chi connectivity index (χ4n) is 2.71. The number of ether oxygens (including phenoxy) is 2. The van der Waals surface area contributed by atoms with Crippen molar-refractivity contribution >= 4 is 11.6 Å². The van der Waals surface area contributed by atoms with Crippen LogP contribution in [0.1, 0.15) is 11.7 Å². The van der Waals surface area contributed by atoms with Gasteiger partial charge in [0.25, 0.3) is 5.91 Å². The van der Waals surface area contributed by atoms with Crippen LogP contribution < -0.4 is 4.74 Å². The van der Waals surface area contributed by atoms with Gasteiger partial charge in [-0.3, -0.25) is 14.9 Å². The Kier molecular flexibility index (Phi) is 5.25. The van der Waals surface area contributed by atoms with Gasteiger partial charge in [0.15, 0.2) is 12.4 Å². The number of hydrogen-bond donors (Lipinski definition) is 0. The number of carbonyl (C=O) groups excluding carboxylic acids is 1. The Bertz CT molecular complexity index is 750. The van der Waals surface area contributed by atoms with Gasteiger partial charge in [-0.1, -0.05) is 42.5 Å². The molecular formula is C18H18N2O5. The average molecular weight is 342 g/mol. The van der Waals surface area contributed by atoms with Crippen LogP contribution in [0.15, 0.2) is 54.6 Å². The van der Waals surface area contributed by atoms with Gasteiger partial charge in [0.1, 0.15) is 6.10 Å². The van der Waals surface area contributed by atoms with E-state index in [2.05, 4.69) is 0 Å². The fraction of sp³-hybridized carbons (Fsp3) is 0.278. The fourth-order valence-corrected chi connectivity index (χ4v) is 2.71. The third-order valence-electron chi connectivity index (χ3n) is 4.00. The SMILES string of the molecule is O=C(COc1ccccc1[N+](=O)[O-])N1CCOC(c2ccccc2)C1. The molecule has 7 heteroatoms. The van der Waals surface area contributed by atoms with E-state index < -0.39 is 4.92 Å². The van der Waals surface area contributed by atoms with E-state index in [9.17, 15) is 14.9 Å². The zero-order chi connectivity index (χ0) is 17.6. The number of carbonyl (C=O) groups is 1. The van der Waals surface area contributed by atoms with Gasteiger partial charge in [-0.05, 0) is 11.6 Å². The van der Waals surface area contributed by atoms with Crippen LogP contribution in [0.2, 0.25) is 0 Å². The number of hydrogen-bond acceptors (Lipinski definition) is 5. The number of nitrogens with zero attached hydrogens (tertiary/aromatic N) is 2. The molecule has 1 unspecified atom stereocenters. The maximum absolute atomic E-state index is 12.4. The van der Waals surface area contributed by atoms with Crippen molar-refractivity contribution in [2.45, 2.75) is 6.10 Å². The lowest BCUT2D eigenvalue weighted by molar-refractivity contribution is -0.385. The van der Waals surface area contributed by atoms with Gasteiger partial charge in [0.05, 0.1) is 18.1 Å². The summed E-state index contributed by atoms with van der Waals surface area (Å²) >= 11 is 0. The van der Waals surface area contributed by atoms with Crippen LogP contribution in [0.5, 0.6) is 5.75 Å². The summed E-state index contributed by atoms with van der Waals surface area (Å²) in [6.45, 7) is 1.11. The minimum absolute atomic E-state index is 0.0914. The maximum Gasteiger partial charge on any atom is 0.310 e. The summed E-state index contributed by atoms with van der Waals surface area (Å²) in [5.41, 5.74) is 0.860. The second kappa shape index (κ2) is 7.76. The van der Waals surface area contributed by atoms with Crippen LogP contribution in [0, 0.1) is 10.1 Å². The zero-order valence-corrected chi connectivity index (χ0v) is 13.5. The van der Waals surface area contributed by atoms with Gasteiger partial charge in [-0.25, -0.2) is 0 Å². The Balaban J connectivity index is 1.61. The standard InChI is InChI=1S/C18H18N2O5/c21-18(13-25-16-9-5-4-8-15(16)20(22)23)19-10-11-24-17(12-19)14-6-2-1-3-7-14/h1-9,17H,10-13H2. The lowest BCUT2D eigenvalue weighted by Crippen LogP contribution is -2.44. The molecule has 0 aromatic heterocycles. The minimum atomic E-state index is -0.528. The predicted molar refractivity (Wildman–Crippen MR) is 90.3 cm³/mol. The van der Waals surface area contributed by atoms with E-state index in [1.807, 2.05) is 30.3 Å². The third kappa shape index (κ3) is 4.13. The number of benzene rings is 2. The molecule has 1 atom stereocenters. The molecule has 0 spiro atoms. The lowest BCUT2D eigenvalue weighted by atomic mass is 10.1. The number of nitro benzene ring substituents is 1. The molecule has 1 fully saturated rings. The van der Waals surface area contributed by atoms with Crippen molar-refractivity contribution < 1.29 is 19.2 Å². The van der Waals surface area contributed by atoms with Gasteiger partial charge in [0.2, 0.25) is 0 Å². The first-order valence-electron chi connectivity index (χ1n) is 7.95. The van der Waals surface area contributed by atoms with Gasteiger partial charge >= 0.3 is 5.69 Å². The summed E-state index contributed by atoms with van der Waals surface area (Å²) in [7, 11) is 0. The highest BCUT2D eigenvalue weighted by atomic mass is 16.6. The van der Waals surface area contributed by atoms with E-state index in [4.69, 9.17) is 9.47 Å². The number of amides is 1. The molecule has 25 heavy (non-hydrogen) atoms. The van der Waals surface area contributed by atoms with Crippen LogP contribution in [0.4, 0.5) is 5.69 Å². The van der Waals surface area contributed by atoms with Crippen LogP contribution >= 0.6 is 0 Å². The molecule has 1 aliphatic rings. The molecule has 1 heterocycles. The molecule has 2 aromatic rings. The molecule has 2 aromatic carbocycles. The van der Waals surface area contributed by atoms with Crippen molar-refractivity contribution in [2.24, 2.45) is 0 Å². The smallest absolute Gasteiger partial charge is 0.310 e. The Hall–Kier alpha value is -2.93. The average Bonchev–Trinajstić information content (AvgIpc) is 2.67. The highest BCUT2D eigenvalue weighted by Crippen LogP contribution is 2.26. The Morgan fingerprint density at radius 2 is 1.92 bits per heavy atom. The topological polar surface area (TPSA) is 81.9 Å². The normalized spacial score (nSPS) is 17.1. The molecule has 1 amide bonds. The van der Waals surface area contributed by atoms with Gasteiger partial charge in [0, 0.05) is 12.6 Å². The van der Waals surface area contributed by atoms with E-state index in [0.717, 1.165) is 5.56 Å². The number of rotatable bonds is 5. The number of para-hydroxylation sites is 2. The molecular weight excluding hydrogens is 324 g/mol. The molecule has 0 radical (unpaired) electrons. The highest BCUT2D eigenvalue weighted by Gasteiger charge is 2.26. The van der Waals surface area contributed by atoms with Crippen molar-refractivity contribution in [3.63, 3.8) is 0 Å². The van der Waals surface area contributed by atoms with Crippen LogP contribution in [-0.2, 0) is 9.53 Å². The predicted octanol–water partition coefficient (Wildman–Crippen LogP) is 2.57. The van der Waals surface area contributed by atoms with Crippen molar-refractivity contribution in [3.05, 3.63) is 70.3 Å². The van der Waals surface area contributed by atoms with Gasteiger partial charge in [-0.2, -0.15) is 0 Å². The Morgan fingerprint density at radius 1 is 1.20 bits per heavy atom. The second-order valence-electron chi connectivity index (χ2n) is 5.62.